The van der Waals surface area contributed by atoms with Gasteiger partial charge in [-0.25, -0.2) is 21.6 Å². The molecule has 2 aromatic rings. The molecule has 0 fully saturated rings. The van der Waals surface area contributed by atoms with E-state index in [9.17, 15) is 16.8 Å². The molecule has 0 amide bonds. The number of hydrogen-bond acceptors (Lipinski definition) is 5. The molecular formula is C12H12ClNO4S3. The lowest BCUT2D eigenvalue weighted by molar-refractivity contribution is 0.581. The molecule has 0 saturated heterocycles. The first-order chi connectivity index (χ1) is 9.68. The molecule has 21 heavy (non-hydrogen) atoms. The first-order valence-electron chi connectivity index (χ1n) is 5.78. The van der Waals surface area contributed by atoms with Crippen LogP contribution in [0.3, 0.4) is 0 Å². The lowest BCUT2D eigenvalue weighted by Crippen LogP contribution is -2.22. The SMILES string of the molecule is Cc1ccc(S(=O)(=O)NCc2ccc(S(=O)(=O)Cl)s2)cc1. The Labute approximate surface area is 132 Å². The van der Waals surface area contributed by atoms with E-state index in [1.54, 1.807) is 12.1 Å². The van der Waals surface area contributed by atoms with Crippen LogP contribution < -0.4 is 4.72 Å². The van der Waals surface area contributed by atoms with Gasteiger partial charge in [-0.1, -0.05) is 17.7 Å². The largest absolute Gasteiger partial charge is 0.270 e. The van der Waals surface area contributed by atoms with E-state index in [0.717, 1.165) is 16.9 Å². The average Bonchev–Trinajstić information content (AvgIpc) is 2.86. The summed E-state index contributed by atoms with van der Waals surface area (Å²) in [5.41, 5.74) is 0.962. The van der Waals surface area contributed by atoms with Crippen molar-refractivity contribution in [2.24, 2.45) is 0 Å². The molecule has 2 rings (SSSR count). The first kappa shape index (κ1) is 16.4. The zero-order valence-corrected chi connectivity index (χ0v) is 14.1. The Hall–Kier alpha value is -0.930. The lowest BCUT2D eigenvalue weighted by Gasteiger charge is -2.05. The van der Waals surface area contributed by atoms with Crippen LogP contribution in [0.15, 0.2) is 45.5 Å². The maximum Gasteiger partial charge on any atom is 0.270 e. The maximum absolute atomic E-state index is 12.1. The minimum atomic E-state index is -3.78. The summed E-state index contributed by atoms with van der Waals surface area (Å²) in [6, 6.07) is 9.32. The number of halogens is 1. The third kappa shape index (κ3) is 4.27. The molecule has 0 saturated carbocycles. The number of sulfonamides is 1. The Morgan fingerprint density at radius 2 is 1.67 bits per heavy atom. The molecule has 0 aliphatic carbocycles. The summed E-state index contributed by atoms with van der Waals surface area (Å²) in [5.74, 6) is 0. The van der Waals surface area contributed by atoms with Crippen LogP contribution in [0.4, 0.5) is 0 Å². The van der Waals surface area contributed by atoms with E-state index in [1.165, 1.54) is 24.3 Å². The Kier molecular flexibility index (Phi) is 4.74. The van der Waals surface area contributed by atoms with E-state index < -0.39 is 19.1 Å². The molecule has 0 spiro atoms. The van der Waals surface area contributed by atoms with E-state index in [0.29, 0.717) is 4.88 Å². The Balaban J connectivity index is 2.12. The van der Waals surface area contributed by atoms with E-state index in [4.69, 9.17) is 10.7 Å². The predicted octanol–water partition coefficient (Wildman–Crippen LogP) is 2.46. The second-order valence-corrected chi connectivity index (χ2v) is 10.0. The van der Waals surface area contributed by atoms with Gasteiger partial charge in [0.25, 0.3) is 9.05 Å². The Morgan fingerprint density at radius 1 is 1.05 bits per heavy atom. The van der Waals surface area contributed by atoms with Gasteiger partial charge in [0.05, 0.1) is 4.90 Å². The molecule has 0 unspecified atom stereocenters. The zero-order valence-electron chi connectivity index (χ0n) is 10.9. The van der Waals surface area contributed by atoms with E-state index in [2.05, 4.69) is 4.72 Å². The standard InChI is InChI=1S/C12H12ClNO4S3/c1-9-2-5-11(6-3-9)21(17,18)14-8-10-4-7-12(19-10)20(13,15)16/h2-7,14H,8H2,1H3. The normalized spacial score (nSPS) is 12.5. The smallest absolute Gasteiger partial charge is 0.207 e. The van der Waals surface area contributed by atoms with Gasteiger partial charge in [0.2, 0.25) is 10.0 Å². The summed E-state index contributed by atoms with van der Waals surface area (Å²) in [6.45, 7) is 1.87. The highest BCUT2D eigenvalue weighted by Crippen LogP contribution is 2.25. The summed E-state index contributed by atoms with van der Waals surface area (Å²) in [7, 11) is -2.19. The van der Waals surface area contributed by atoms with Crippen molar-refractivity contribution < 1.29 is 16.8 Å². The van der Waals surface area contributed by atoms with E-state index in [1.807, 2.05) is 6.92 Å². The fourth-order valence-electron chi connectivity index (χ4n) is 1.55. The van der Waals surface area contributed by atoms with Crippen molar-refractivity contribution in [2.75, 3.05) is 0 Å². The number of aryl methyl sites for hydroxylation is 1. The van der Waals surface area contributed by atoms with Crippen molar-refractivity contribution in [1.82, 2.24) is 4.72 Å². The number of thiophene rings is 1. The second kappa shape index (κ2) is 6.05. The molecule has 0 radical (unpaired) electrons. The summed E-state index contributed by atoms with van der Waals surface area (Å²) < 4.78 is 48.8. The van der Waals surface area contributed by atoms with Gasteiger partial charge in [0.15, 0.2) is 0 Å². The Bertz CT molecular complexity index is 839. The molecule has 0 aliphatic heterocycles. The number of hydrogen-bond donors (Lipinski definition) is 1. The third-order valence-electron chi connectivity index (χ3n) is 2.65. The van der Waals surface area contributed by atoms with Crippen molar-refractivity contribution in [2.45, 2.75) is 22.6 Å². The van der Waals surface area contributed by atoms with Gasteiger partial charge in [-0.2, -0.15) is 0 Å². The van der Waals surface area contributed by atoms with Crippen LogP contribution in [-0.4, -0.2) is 16.8 Å². The molecule has 9 heteroatoms. The monoisotopic (exact) mass is 365 g/mol. The van der Waals surface area contributed by atoms with Crippen LogP contribution in [0.2, 0.25) is 0 Å². The van der Waals surface area contributed by atoms with Gasteiger partial charge in [0, 0.05) is 22.1 Å². The van der Waals surface area contributed by atoms with E-state index >= 15 is 0 Å². The van der Waals surface area contributed by atoms with Crippen molar-refractivity contribution in [3.05, 3.63) is 46.8 Å². The molecule has 1 heterocycles. The first-order valence-corrected chi connectivity index (χ1v) is 10.4. The topological polar surface area (TPSA) is 80.3 Å². The van der Waals surface area contributed by atoms with Crippen LogP contribution in [0, 0.1) is 6.92 Å². The van der Waals surface area contributed by atoms with Gasteiger partial charge >= 0.3 is 0 Å². The molecule has 114 valence electrons. The van der Waals surface area contributed by atoms with E-state index in [-0.39, 0.29) is 15.6 Å². The summed E-state index contributed by atoms with van der Waals surface area (Å²) in [6.07, 6.45) is 0. The van der Waals surface area contributed by atoms with Crippen molar-refractivity contribution in [3.63, 3.8) is 0 Å². The highest BCUT2D eigenvalue weighted by Gasteiger charge is 2.16. The van der Waals surface area contributed by atoms with Crippen LogP contribution in [0.5, 0.6) is 0 Å². The zero-order chi connectivity index (χ0) is 15.7. The molecule has 1 aromatic carbocycles. The predicted molar refractivity (Wildman–Crippen MR) is 82.6 cm³/mol. The number of rotatable bonds is 5. The molecule has 1 aromatic heterocycles. The maximum atomic E-state index is 12.1. The molecule has 0 bridgehead atoms. The number of nitrogens with one attached hydrogen (secondary N) is 1. The van der Waals surface area contributed by atoms with Crippen LogP contribution in [-0.2, 0) is 25.6 Å². The lowest BCUT2D eigenvalue weighted by atomic mass is 10.2. The van der Waals surface area contributed by atoms with Crippen molar-refractivity contribution in [1.29, 1.82) is 0 Å². The number of benzene rings is 1. The van der Waals surface area contributed by atoms with Gasteiger partial charge < -0.3 is 0 Å². The highest BCUT2D eigenvalue weighted by atomic mass is 35.7. The molecule has 0 aliphatic rings. The third-order valence-corrected chi connectivity index (χ3v) is 7.24. The fourth-order valence-corrected chi connectivity index (χ4v) is 4.71. The summed E-state index contributed by atoms with van der Waals surface area (Å²) >= 11 is 0.931. The van der Waals surface area contributed by atoms with Crippen LogP contribution in [0.1, 0.15) is 10.4 Å². The Morgan fingerprint density at radius 3 is 2.19 bits per heavy atom. The minimum absolute atomic E-state index is 0.00583. The minimum Gasteiger partial charge on any atom is -0.207 e. The molecule has 1 N–H and O–H groups in total. The average molecular weight is 366 g/mol. The van der Waals surface area contributed by atoms with Gasteiger partial charge in [-0.3, -0.25) is 0 Å². The summed E-state index contributed by atoms with van der Waals surface area (Å²) in [4.78, 5) is 0.722. The van der Waals surface area contributed by atoms with Gasteiger partial charge in [-0.15, -0.1) is 11.3 Å². The highest BCUT2D eigenvalue weighted by molar-refractivity contribution is 8.15. The quantitative estimate of drug-likeness (QED) is 0.825. The fraction of sp³-hybridized carbons (Fsp3) is 0.167. The van der Waals surface area contributed by atoms with Crippen molar-refractivity contribution >= 4 is 41.1 Å². The van der Waals surface area contributed by atoms with Crippen LogP contribution in [0.25, 0.3) is 0 Å². The molecule has 0 atom stereocenters. The van der Waals surface area contributed by atoms with Gasteiger partial charge in [0.1, 0.15) is 4.21 Å². The summed E-state index contributed by atoms with van der Waals surface area (Å²) in [5, 5.41) is 0. The van der Waals surface area contributed by atoms with Crippen LogP contribution >= 0.6 is 22.0 Å². The van der Waals surface area contributed by atoms with Crippen molar-refractivity contribution in [3.8, 4) is 0 Å². The molecule has 5 nitrogen and oxygen atoms in total. The molecular weight excluding hydrogens is 354 g/mol. The van der Waals surface area contributed by atoms with Gasteiger partial charge in [-0.05, 0) is 31.2 Å². The second-order valence-electron chi connectivity index (χ2n) is 4.30.